The monoisotopic (exact) mass is 381 g/mol. The lowest BCUT2D eigenvalue weighted by Crippen LogP contribution is -2.12. The minimum absolute atomic E-state index is 0.144. The van der Waals surface area contributed by atoms with Gasteiger partial charge in [0.15, 0.2) is 0 Å². The maximum atomic E-state index is 12.6. The van der Waals surface area contributed by atoms with E-state index in [1.165, 1.54) is 0 Å². The molecule has 0 spiro atoms. The Morgan fingerprint density at radius 3 is 2.26 bits per heavy atom. The molecule has 27 heavy (non-hydrogen) atoms. The fourth-order valence-electron chi connectivity index (χ4n) is 2.72. The normalized spacial score (nSPS) is 11.2. The van der Waals surface area contributed by atoms with E-state index in [-0.39, 0.29) is 4.90 Å². The van der Waals surface area contributed by atoms with Crippen molar-refractivity contribution < 1.29 is 12.6 Å². The first-order chi connectivity index (χ1) is 12.8. The lowest BCUT2D eigenvalue weighted by molar-refractivity contribution is 0.483. The molecular weight excluding hydrogens is 358 g/mol. The van der Waals surface area contributed by atoms with Crippen LogP contribution in [-0.4, -0.2) is 8.42 Å². The van der Waals surface area contributed by atoms with E-state index in [0.29, 0.717) is 12.3 Å². The van der Waals surface area contributed by atoms with Gasteiger partial charge < -0.3 is 9.50 Å². The highest BCUT2D eigenvalue weighted by molar-refractivity contribution is 7.87. The summed E-state index contributed by atoms with van der Waals surface area (Å²) in [6, 6.07) is 20.0. The molecule has 0 atom stereocenters. The Balaban J connectivity index is 1.81. The van der Waals surface area contributed by atoms with Crippen LogP contribution in [0.3, 0.4) is 0 Å². The molecule has 140 valence electrons. The molecule has 5 heteroatoms. The fourth-order valence-corrected chi connectivity index (χ4v) is 3.68. The molecule has 0 fully saturated rings. The quantitative estimate of drug-likeness (QED) is 0.611. The third kappa shape index (κ3) is 4.68. The molecule has 1 N–H and O–H groups in total. The SMILES string of the molecule is Cc1ccc(S(=O)(=O)Oc2ccccc2CNc2cc(C)ccc2C)cc1. The summed E-state index contributed by atoms with van der Waals surface area (Å²) in [6.45, 7) is 6.44. The molecule has 0 bridgehead atoms. The van der Waals surface area contributed by atoms with Crippen LogP contribution in [-0.2, 0) is 16.7 Å². The smallest absolute Gasteiger partial charge is 0.339 e. The maximum Gasteiger partial charge on any atom is 0.339 e. The van der Waals surface area contributed by atoms with Crippen LogP contribution in [0.2, 0.25) is 0 Å². The van der Waals surface area contributed by atoms with Crippen molar-refractivity contribution in [2.45, 2.75) is 32.2 Å². The minimum Gasteiger partial charge on any atom is -0.381 e. The second-order valence-electron chi connectivity index (χ2n) is 6.63. The van der Waals surface area contributed by atoms with Gasteiger partial charge in [0.2, 0.25) is 0 Å². The highest BCUT2D eigenvalue weighted by atomic mass is 32.2. The molecule has 0 saturated carbocycles. The van der Waals surface area contributed by atoms with Crippen molar-refractivity contribution in [2.24, 2.45) is 0 Å². The Hall–Kier alpha value is -2.79. The zero-order valence-electron chi connectivity index (χ0n) is 15.7. The second-order valence-corrected chi connectivity index (χ2v) is 8.18. The summed E-state index contributed by atoms with van der Waals surface area (Å²) >= 11 is 0. The van der Waals surface area contributed by atoms with E-state index < -0.39 is 10.1 Å². The molecule has 3 aromatic rings. The molecule has 0 saturated heterocycles. The second kappa shape index (κ2) is 7.84. The van der Waals surface area contributed by atoms with E-state index in [2.05, 4.69) is 23.5 Å². The number of hydrogen-bond donors (Lipinski definition) is 1. The predicted molar refractivity (Wildman–Crippen MR) is 109 cm³/mol. The average Bonchev–Trinajstić information content (AvgIpc) is 2.63. The molecule has 0 aromatic heterocycles. The van der Waals surface area contributed by atoms with Gasteiger partial charge >= 0.3 is 10.1 Å². The summed E-state index contributed by atoms with van der Waals surface area (Å²) < 4.78 is 30.6. The van der Waals surface area contributed by atoms with Crippen molar-refractivity contribution in [3.8, 4) is 5.75 Å². The third-order valence-corrected chi connectivity index (χ3v) is 5.59. The van der Waals surface area contributed by atoms with Crippen LogP contribution in [0.1, 0.15) is 22.3 Å². The standard InChI is InChI=1S/C22H23NO3S/c1-16-9-12-20(13-10-16)27(24,25)26-22-7-5-4-6-19(22)15-23-21-14-17(2)8-11-18(21)3/h4-14,23H,15H2,1-3H3. The van der Waals surface area contributed by atoms with Crippen molar-refractivity contribution in [2.75, 3.05) is 5.32 Å². The topological polar surface area (TPSA) is 55.4 Å². The minimum atomic E-state index is -3.88. The number of aryl methyl sites for hydroxylation is 3. The number of hydrogen-bond acceptors (Lipinski definition) is 4. The summed E-state index contributed by atoms with van der Waals surface area (Å²) in [4.78, 5) is 0.144. The molecule has 0 unspecified atom stereocenters. The van der Waals surface area contributed by atoms with Crippen LogP contribution in [0, 0.1) is 20.8 Å². The van der Waals surface area contributed by atoms with Gasteiger partial charge in [0.05, 0.1) is 0 Å². The molecule has 0 aliphatic carbocycles. The molecule has 0 radical (unpaired) electrons. The van der Waals surface area contributed by atoms with Gasteiger partial charge in [-0.2, -0.15) is 8.42 Å². The van der Waals surface area contributed by atoms with Crippen molar-refractivity contribution >= 4 is 15.8 Å². The van der Waals surface area contributed by atoms with Gasteiger partial charge in [-0.15, -0.1) is 0 Å². The van der Waals surface area contributed by atoms with E-state index in [9.17, 15) is 8.42 Å². The molecule has 0 amide bonds. The molecule has 3 aromatic carbocycles. The van der Waals surface area contributed by atoms with E-state index in [1.54, 1.807) is 36.4 Å². The Morgan fingerprint density at radius 2 is 1.52 bits per heavy atom. The highest BCUT2D eigenvalue weighted by Crippen LogP contribution is 2.25. The zero-order valence-corrected chi connectivity index (χ0v) is 16.5. The number of rotatable bonds is 6. The first-order valence-corrected chi connectivity index (χ1v) is 10.2. The number of benzene rings is 3. The number of para-hydroxylation sites is 1. The molecule has 4 nitrogen and oxygen atoms in total. The third-order valence-electron chi connectivity index (χ3n) is 4.34. The summed E-state index contributed by atoms with van der Waals surface area (Å²) in [5, 5.41) is 3.37. The van der Waals surface area contributed by atoms with Gasteiger partial charge in [-0.05, 0) is 56.2 Å². The lowest BCUT2D eigenvalue weighted by Gasteiger charge is -2.14. The molecule has 0 heterocycles. The highest BCUT2D eigenvalue weighted by Gasteiger charge is 2.18. The van der Waals surface area contributed by atoms with Crippen LogP contribution in [0.25, 0.3) is 0 Å². The molecular formula is C22H23NO3S. The number of nitrogens with one attached hydrogen (secondary N) is 1. The summed E-state index contributed by atoms with van der Waals surface area (Å²) in [5.74, 6) is 0.330. The van der Waals surface area contributed by atoms with Crippen molar-refractivity contribution in [3.05, 3.63) is 89.0 Å². The number of anilines is 1. The van der Waals surface area contributed by atoms with Gasteiger partial charge in [0.25, 0.3) is 0 Å². The van der Waals surface area contributed by atoms with E-state index >= 15 is 0 Å². The molecule has 0 aliphatic rings. The van der Waals surface area contributed by atoms with Gasteiger partial charge in [-0.25, -0.2) is 0 Å². The maximum absolute atomic E-state index is 12.6. The molecule has 0 aliphatic heterocycles. The van der Waals surface area contributed by atoms with Gasteiger partial charge in [0.1, 0.15) is 10.6 Å². The average molecular weight is 381 g/mol. The van der Waals surface area contributed by atoms with E-state index in [4.69, 9.17) is 4.18 Å². The first-order valence-electron chi connectivity index (χ1n) is 8.75. The Bertz CT molecular complexity index is 1040. The fraction of sp³-hybridized carbons (Fsp3) is 0.182. The van der Waals surface area contributed by atoms with Crippen LogP contribution >= 0.6 is 0 Å². The Morgan fingerprint density at radius 1 is 0.852 bits per heavy atom. The first kappa shape index (κ1) is 19.0. The zero-order chi connectivity index (χ0) is 19.4. The Labute approximate surface area is 161 Å². The van der Waals surface area contributed by atoms with Crippen molar-refractivity contribution in [1.82, 2.24) is 0 Å². The Kier molecular flexibility index (Phi) is 5.51. The van der Waals surface area contributed by atoms with Crippen molar-refractivity contribution in [1.29, 1.82) is 0 Å². The van der Waals surface area contributed by atoms with Gasteiger partial charge in [-0.3, -0.25) is 0 Å². The van der Waals surface area contributed by atoms with Crippen molar-refractivity contribution in [3.63, 3.8) is 0 Å². The van der Waals surface area contributed by atoms with Gasteiger partial charge in [0, 0.05) is 17.8 Å². The van der Waals surface area contributed by atoms with E-state index in [0.717, 1.165) is 27.9 Å². The summed E-state index contributed by atoms with van der Waals surface area (Å²) in [5.41, 5.74) is 5.08. The largest absolute Gasteiger partial charge is 0.381 e. The van der Waals surface area contributed by atoms with E-state index in [1.807, 2.05) is 32.9 Å². The van der Waals surface area contributed by atoms with Gasteiger partial charge in [-0.1, -0.05) is 48.0 Å². The van der Waals surface area contributed by atoms with Crippen LogP contribution in [0.4, 0.5) is 5.69 Å². The molecule has 3 rings (SSSR count). The van der Waals surface area contributed by atoms with Crippen LogP contribution in [0.5, 0.6) is 5.75 Å². The summed E-state index contributed by atoms with van der Waals surface area (Å²) in [6.07, 6.45) is 0. The predicted octanol–water partition coefficient (Wildman–Crippen LogP) is 4.99. The van der Waals surface area contributed by atoms with Crippen LogP contribution < -0.4 is 9.50 Å². The van der Waals surface area contributed by atoms with Crippen LogP contribution in [0.15, 0.2) is 71.6 Å². The summed E-state index contributed by atoms with van der Waals surface area (Å²) in [7, 11) is -3.88. The lowest BCUT2D eigenvalue weighted by atomic mass is 10.1.